The summed E-state index contributed by atoms with van der Waals surface area (Å²) >= 11 is 0. The lowest BCUT2D eigenvalue weighted by Gasteiger charge is -2.42. The smallest absolute Gasteiger partial charge is 0.405 e. The zero-order valence-corrected chi connectivity index (χ0v) is 11.1. The van der Waals surface area contributed by atoms with Gasteiger partial charge >= 0.3 is 6.09 Å². The lowest BCUT2D eigenvalue weighted by atomic mass is 9.78. The van der Waals surface area contributed by atoms with E-state index in [1.54, 1.807) is 0 Å². The average Bonchev–Trinajstić information content (AvgIpc) is 2.43. The molecule has 7 nitrogen and oxygen atoms in total. The van der Waals surface area contributed by atoms with Gasteiger partial charge in [0.1, 0.15) is 0 Å². The van der Waals surface area contributed by atoms with E-state index >= 15 is 0 Å². The molecule has 2 rings (SSSR count). The number of nitrogen functional groups attached to an aromatic ring is 1. The van der Waals surface area contributed by atoms with Crippen LogP contribution in [0.15, 0.2) is 12.1 Å². The Labute approximate surface area is 120 Å². The number of carbonyl (C=O) groups is 1. The van der Waals surface area contributed by atoms with Crippen LogP contribution < -0.4 is 16.4 Å². The van der Waals surface area contributed by atoms with Gasteiger partial charge in [-0.3, -0.25) is 0 Å². The summed E-state index contributed by atoms with van der Waals surface area (Å²) in [5, 5.41) is 33.3. The van der Waals surface area contributed by atoms with Crippen molar-refractivity contribution in [1.82, 2.24) is 10.6 Å². The number of aliphatic hydroxyl groups is 1. The van der Waals surface area contributed by atoms with Crippen molar-refractivity contribution in [2.24, 2.45) is 0 Å². The Balaban J connectivity index is 2.64. The Kier molecular flexibility index (Phi) is 3.97. The van der Waals surface area contributed by atoms with E-state index in [1.807, 2.05) is 6.07 Å². The molecule has 2 atom stereocenters. The Morgan fingerprint density at radius 1 is 1.62 bits per heavy atom. The van der Waals surface area contributed by atoms with Gasteiger partial charge in [0, 0.05) is 12.1 Å². The van der Waals surface area contributed by atoms with Gasteiger partial charge in [-0.1, -0.05) is 0 Å². The van der Waals surface area contributed by atoms with E-state index in [0.29, 0.717) is 6.54 Å². The Morgan fingerprint density at radius 2 is 2.33 bits per heavy atom. The topological polar surface area (TPSA) is 131 Å². The van der Waals surface area contributed by atoms with Crippen molar-refractivity contribution in [2.75, 3.05) is 18.8 Å². The van der Waals surface area contributed by atoms with Crippen LogP contribution in [0.2, 0.25) is 0 Å². The number of nitrogens with zero attached hydrogens (tertiary/aromatic N) is 1. The minimum Gasteiger partial charge on any atom is -0.465 e. The summed E-state index contributed by atoms with van der Waals surface area (Å²) in [6.07, 6.45) is -2.45. The lowest BCUT2D eigenvalue weighted by molar-refractivity contribution is 0.0306. The van der Waals surface area contributed by atoms with Crippen molar-refractivity contribution in [1.29, 1.82) is 5.26 Å². The maximum Gasteiger partial charge on any atom is 0.405 e. The third-order valence-electron chi connectivity index (χ3n) is 3.64. The molecule has 1 heterocycles. The second-order valence-electron chi connectivity index (χ2n) is 4.91. The SMILES string of the molecule is N#Cc1cc(N)c(F)c([C@]2(NC(=O)O)CCNC[C@H]2O)c1. The van der Waals surface area contributed by atoms with Gasteiger partial charge in [0.2, 0.25) is 0 Å². The molecule has 1 aliphatic rings. The van der Waals surface area contributed by atoms with Gasteiger partial charge in [-0.15, -0.1) is 0 Å². The van der Waals surface area contributed by atoms with Crippen LogP contribution in [0.4, 0.5) is 14.9 Å². The fourth-order valence-electron chi connectivity index (χ4n) is 2.62. The quantitative estimate of drug-likeness (QED) is 0.491. The molecule has 1 aromatic carbocycles. The van der Waals surface area contributed by atoms with Gasteiger partial charge in [-0.25, -0.2) is 9.18 Å². The molecular weight excluding hydrogens is 279 g/mol. The highest BCUT2D eigenvalue weighted by Crippen LogP contribution is 2.35. The number of aliphatic hydroxyl groups excluding tert-OH is 1. The standard InChI is InChI=1S/C13H15FN4O3/c14-11-8(3-7(5-15)4-9(11)16)13(18-12(20)21)1-2-17-6-10(13)19/h3-4,10,17-19H,1-2,6,16H2,(H,20,21)/t10-,13-/m1/s1. The van der Waals surface area contributed by atoms with Crippen LogP contribution in [0.25, 0.3) is 0 Å². The second-order valence-corrected chi connectivity index (χ2v) is 4.91. The predicted octanol–water partition coefficient (Wildman–Crippen LogP) is 0.0967. The van der Waals surface area contributed by atoms with Crippen LogP contribution in [-0.4, -0.2) is 35.5 Å². The highest BCUT2D eigenvalue weighted by molar-refractivity contribution is 5.67. The van der Waals surface area contributed by atoms with Gasteiger partial charge in [-0.2, -0.15) is 5.26 Å². The summed E-state index contributed by atoms with van der Waals surface area (Å²) < 4.78 is 14.4. The number of carboxylic acid groups (broad SMARTS) is 1. The molecule has 0 unspecified atom stereocenters. The highest BCUT2D eigenvalue weighted by Gasteiger charge is 2.45. The molecule has 21 heavy (non-hydrogen) atoms. The maximum absolute atomic E-state index is 14.4. The van der Waals surface area contributed by atoms with E-state index in [1.165, 1.54) is 12.1 Å². The summed E-state index contributed by atoms with van der Waals surface area (Å²) in [6.45, 7) is 0.476. The van der Waals surface area contributed by atoms with E-state index in [0.717, 1.165) is 0 Å². The predicted molar refractivity (Wildman–Crippen MR) is 71.9 cm³/mol. The molecule has 0 radical (unpaired) electrons. The zero-order chi connectivity index (χ0) is 15.6. The van der Waals surface area contributed by atoms with Crippen LogP contribution in [0, 0.1) is 17.1 Å². The van der Waals surface area contributed by atoms with Gasteiger partial charge in [-0.05, 0) is 25.1 Å². The Morgan fingerprint density at radius 3 is 2.90 bits per heavy atom. The number of nitrogens with two attached hydrogens (primary N) is 1. The number of anilines is 1. The first-order valence-corrected chi connectivity index (χ1v) is 6.30. The third kappa shape index (κ3) is 2.61. The largest absolute Gasteiger partial charge is 0.465 e. The number of rotatable bonds is 2. The van der Waals surface area contributed by atoms with Crippen LogP contribution in [0.3, 0.4) is 0 Å². The maximum atomic E-state index is 14.4. The monoisotopic (exact) mass is 294 g/mol. The number of nitrogens with one attached hydrogen (secondary N) is 2. The molecule has 0 aliphatic carbocycles. The summed E-state index contributed by atoms with van der Waals surface area (Å²) in [5.41, 5.74) is 3.72. The van der Waals surface area contributed by atoms with Crippen LogP contribution in [0.1, 0.15) is 17.5 Å². The Hall–Kier alpha value is -2.37. The van der Waals surface area contributed by atoms with E-state index in [4.69, 9.17) is 16.1 Å². The number of nitriles is 1. The molecule has 1 aromatic rings. The number of hydrogen-bond acceptors (Lipinski definition) is 5. The molecular formula is C13H15FN4O3. The molecule has 1 amide bonds. The first-order chi connectivity index (χ1) is 9.90. The minimum absolute atomic E-state index is 0.0937. The summed E-state index contributed by atoms with van der Waals surface area (Å²) in [4.78, 5) is 11.1. The molecule has 0 bridgehead atoms. The third-order valence-corrected chi connectivity index (χ3v) is 3.64. The number of hydrogen-bond donors (Lipinski definition) is 5. The number of piperidine rings is 1. The molecule has 6 N–H and O–H groups in total. The van der Waals surface area contributed by atoms with Crippen LogP contribution >= 0.6 is 0 Å². The average molecular weight is 294 g/mol. The molecule has 8 heteroatoms. The first-order valence-electron chi connectivity index (χ1n) is 6.30. The fraction of sp³-hybridized carbons (Fsp3) is 0.385. The molecule has 1 aliphatic heterocycles. The van der Waals surface area contributed by atoms with Crippen LogP contribution in [0.5, 0.6) is 0 Å². The molecule has 1 saturated heterocycles. The van der Waals surface area contributed by atoms with Crippen molar-refractivity contribution in [3.05, 3.63) is 29.1 Å². The molecule has 0 aromatic heterocycles. The van der Waals surface area contributed by atoms with Crippen LogP contribution in [-0.2, 0) is 5.54 Å². The summed E-state index contributed by atoms with van der Waals surface area (Å²) in [7, 11) is 0. The van der Waals surface area contributed by atoms with Gasteiger partial charge in [0.15, 0.2) is 5.82 Å². The highest BCUT2D eigenvalue weighted by atomic mass is 19.1. The number of β-amino-alcohol motifs (C(OH)–C–C–N with tert-alkyl or cyclic N) is 1. The van der Waals surface area contributed by atoms with Crippen molar-refractivity contribution in [3.63, 3.8) is 0 Å². The number of benzene rings is 1. The van der Waals surface area contributed by atoms with E-state index in [2.05, 4.69) is 10.6 Å². The summed E-state index contributed by atoms with van der Waals surface area (Å²) in [5.74, 6) is -0.830. The van der Waals surface area contributed by atoms with Crippen molar-refractivity contribution < 1.29 is 19.4 Å². The van der Waals surface area contributed by atoms with E-state index in [9.17, 15) is 14.3 Å². The van der Waals surface area contributed by atoms with Gasteiger partial charge in [0.05, 0.1) is 29.0 Å². The van der Waals surface area contributed by atoms with E-state index in [-0.39, 0.29) is 29.8 Å². The normalized spacial score (nSPS) is 25.1. The molecule has 1 fully saturated rings. The Bertz CT molecular complexity index is 616. The molecule has 0 saturated carbocycles. The van der Waals surface area contributed by atoms with Crippen molar-refractivity contribution >= 4 is 11.8 Å². The number of halogens is 1. The lowest BCUT2D eigenvalue weighted by Crippen LogP contribution is -2.61. The van der Waals surface area contributed by atoms with Crippen molar-refractivity contribution in [2.45, 2.75) is 18.1 Å². The molecule has 112 valence electrons. The van der Waals surface area contributed by atoms with Gasteiger partial charge in [0.25, 0.3) is 0 Å². The fourth-order valence-corrected chi connectivity index (χ4v) is 2.62. The zero-order valence-electron chi connectivity index (χ0n) is 11.1. The minimum atomic E-state index is -1.54. The van der Waals surface area contributed by atoms with E-state index < -0.39 is 23.6 Å². The van der Waals surface area contributed by atoms with Crippen molar-refractivity contribution in [3.8, 4) is 6.07 Å². The van der Waals surface area contributed by atoms with Gasteiger partial charge < -0.3 is 26.6 Å². The first kappa shape index (κ1) is 15.0. The second kappa shape index (κ2) is 5.55. The number of amides is 1. The molecule has 0 spiro atoms. The summed E-state index contributed by atoms with van der Waals surface area (Å²) in [6, 6.07) is 4.23.